The molecule has 4 heteroatoms. The van der Waals surface area contributed by atoms with E-state index in [1.54, 1.807) is 6.21 Å². The maximum atomic E-state index is 5.64. The van der Waals surface area contributed by atoms with Gasteiger partial charge in [-0.3, -0.25) is 4.99 Å². The van der Waals surface area contributed by atoms with Crippen LogP contribution < -0.4 is 5.73 Å². The molecular formula is C12H16ClN3. The fourth-order valence-electron chi connectivity index (χ4n) is 1.04. The lowest BCUT2D eigenvalue weighted by atomic mass is 10.2. The second-order valence-electron chi connectivity index (χ2n) is 3.53. The van der Waals surface area contributed by atoms with Gasteiger partial charge >= 0.3 is 0 Å². The van der Waals surface area contributed by atoms with Crippen LogP contribution in [-0.4, -0.2) is 23.8 Å². The van der Waals surface area contributed by atoms with Crippen LogP contribution in [0.15, 0.2) is 41.5 Å². The number of allylic oxidation sites excluding steroid dienone is 1. The van der Waals surface area contributed by atoms with Crippen LogP contribution in [-0.2, 0) is 0 Å². The van der Waals surface area contributed by atoms with Gasteiger partial charge in [0.2, 0.25) is 0 Å². The Morgan fingerprint density at radius 1 is 1.31 bits per heavy atom. The summed E-state index contributed by atoms with van der Waals surface area (Å²) in [5.74, 6) is 0. The molecule has 0 amide bonds. The quantitative estimate of drug-likeness (QED) is 0.428. The topological polar surface area (TPSA) is 41.6 Å². The second-order valence-corrected chi connectivity index (χ2v) is 3.92. The van der Waals surface area contributed by atoms with Crippen molar-refractivity contribution in [2.24, 2.45) is 4.99 Å². The standard InChI is InChI=1S/C7H9N.C5H7ClN2/c1-6-2-4-7(8)5-3-6;1-8-4-2-3-7-5(8)6/h2-5H,8H2,1H3;2-5H,1H3. The van der Waals surface area contributed by atoms with Crippen LogP contribution in [0.25, 0.3) is 0 Å². The van der Waals surface area contributed by atoms with Gasteiger partial charge in [-0.1, -0.05) is 29.3 Å². The monoisotopic (exact) mass is 237 g/mol. The van der Waals surface area contributed by atoms with Crippen LogP contribution >= 0.6 is 11.6 Å². The van der Waals surface area contributed by atoms with E-state index in [2.05, 4.69) is 4.99 Å². The Balaban J connectivity index is 0.000000160. The lowest BCUT2D eigenvalue weighted by Gasteiger charge is -2.18. The summed E-state index contributed by atoms with van der Waals surface area (Å²) < 4.78 is 0. The molecule has 16 heavy (non-hydrogen) atoms. The third-order valence-electron chi connectivity index (χ3n) is 2.03. The molecule has 86 valence electrons. The summed E-state index contributed by atoms with van der Waals surface area (Å²) in [5, 5.41) is 0. The molecular weight excluding hydrogens is 222 g/mol. The van der Waals surface area contributed by atoms with Crippen LogP contribution in [0.4, 0.5) is 5.69 Å². The van der Waals surface area contributed by atoms with Gasteiger partial charge in [-0.2, -0.15) is 0 Å². The van der Waals surface area contributed by atoms with Crippen LogP contribution in [0.5, 0.6) is 0 Å². The number of hydrogen-bond acceptors (Lipinski definition) is 3. The molecule has 0 fully saturated rings. The molecule has 0 saturated carbocycles. The average molecular weight is 238 g/mol. The fourth-order valence-corrected chi connectivity index (χ4v) is 1.17. The summed E-state index contributed by atoms with van der Waals surface area (Å²) in [6.45, 7) is 2.04. The Bertz CT molecular complexity index is 333. The molecule has 2 N–H and O–H groups in total. The van der Waals surface area contributed by atoms with Crippen molar-refractivity contribution < 1.29 is 0 Å². The fraction of sp³-hybridized carbons (Fsp3) is 0.250. The zero-order valence-electron chi connectivity index (χ0n) is 9.47. The number of rotatable bonds is 0. The van der Waals surface area contributed by atoms with E-state index < -0.39 is 0 Å². The number of nitrogens with zero attached hydrogens (tertiary/aromatic N) is 2. The molecule has 0 aliphatic carbocycles. The van der Waals surface area contributed by atoms with Crippen molar-refractivity contribution in [2.75, 3.05) is 12.8 Å². The van der Waals surface area contributed by atoms with Gasteiger partial charge in [0, 0.05) is 25.1 Å². The van der Waals surface area contributed by atoms with Gasteiger partial charge in [0.25, 0.3) is 0 Å². The van der Waals surface area contributed by atoms with E-state index in [1.165, 1.54) is 5.56 Å². The number of halogens is 1. The zero-order chi connectivity index (χ0) is 12.0. The smallest absolute Gasteiger partial charge is 0.197 e. The van der Waals surface area contributed by atoms with Gasteiger partial charge in [-0.05, 0) is 25.1 Å². The van der Waals surface area contributed by atoms with E-state index in [9.17, 15) is 0 Å². The van der Waals surface area contributed by atoms with E-state index in [4.69, 9.17) is 17.3 Å². The highest BCUT2D eigenvalue weighted by Gasteiger charge is 2.04. The first kappa shape index (κ1) is 12.6. The summed E-state index contributed by atoms with van der Waals surface area (Å²) in [7, 11) is 1.88. The zero-order valence-corrected chi connectivity index (χ0v) is 10.2. The van der Waals surface area contributed by atoms with Gasteiger partial charge in [0.05, 0.1) is 0 Å². The van der Waals surface area contributed by atoms with Crippen molar-refractivity contribution in [2.45, 2.75) is 12.5 Å². The van der Waals surface area contributed by atoms with Crippen molar-refractivity contribution in [3.8, 4) is 0 Å². The SMILES string of the molecule is CN1C=CC=NC1Cl.Cc1ccc(N)cc1. The number of benzene rings is 1. The van der Waals surface area contributed by atoms with Gasteiger partial charge < -0.3 is 10.6 Å². The largest absolute Gasteiger partial charge is 0.399 e. The third-order valence-corrected chi connectivity index (χ3v) is 2.45. The van der Waals surface area contributed by atoms with E-state index in [1.807, 2.05) is 55.4 Å². The number of alkyl halides is 1. The van der Waals surface area contributed by atoms with Crippen LogP contribution in [0.1, 0.15) is 5.56 Å². The van der Waals surface area contributed by atoms with E-state index in [0.717, 1.165) is 5.69 Å². The molecule has 1 aromatic rings. The molecule has 1 aromatic carbocycles. The van der Waals surface area contributed by atoms with Gasteiger partial charge in [-0.25, -0.2) is 0 Å². The van der Waals surface area contributed by atoms with Crippen molar-refractivity contribution in [1.29, 1.82) is 0 Å². The summed E-state index contributed by atoms with van der Waals surface area (Å²) in [6, 6.07) is 7.79. The molecule has 0 bridgehead atoms. The Hall–Kier alpha value is -1.48. The lowest BCUT2D eigenvalue weighted by molar-refractivity contribution is 0.428. The molecule has 1 atom stereocenters. The minimum Gasteiger partial charge on any atom is -0.399 e. The molecule has 0 aromatic heterocycles. The van der Waals surface area contributed by atoms with Crippen molar-refractivity contribution in [3.05, 3.63) is 42.1 Å². The number of anilines is 1. The van der Waals surface area contributed by atoms with E-state index in [0.29, 0.717) is 0 Å². The first-order chi connectivity index (χ1) is 7.59. The van der Waals surface area contributed by atoms with Gasteiger partial charge in [0.15, 0.2) is 5.62 Å². The normalized spacial score (nSPS) is 17.9. The number of aliphatic imine (C=N–C) groups is 1. The number of aryl methyl sites for hydroxylation is 1. The lowest BCUT2D eigenvalue weighted by Crippen LogP contribution is -2.21. The summed E-state index contributed by atoms with van der Waals surface area (Å²) in [6.07, 6.45) is 5.42. The molecule has 2 rings (SSSR count). The number of nitrogens with two attached hydrogens (primary N) is 1. The molecule has 1 unspecified atom stereocenters. The van der Waals surface area contributed by atoms with Crippen LogP contribution in [0.2, 0.25) is 0 Å². The molecule has 3 nitrogen and oxygen atoms in total. The van der Waals surface area contributed by atoms with Crippen LogP contribution in [0.3, 0.4) is 0 Å². The maximum Gasteiger partial charge on any atom is 0.197 e. The number of nitrogen functional groups attached to an aromatic ring is 1. The molecule has 0 spiro atoms. The molecule has 1 aliphatic rings. The van der Waals surface area contributed by atoms with Crippen molar-refractivity contribution in [1.82, 2.24) is 4.90 Å². The summed E-state index contributed by atoms with van der Waals surface area (Å²) >= 11 is 5.64. The summed E-state index contributed by atoms with van der Waals surface area (Å²) in [4.78, 5) is 5.71. The third kappa shape index (κ3) is 4.36. The highest BCUT2D eigenvalue weighted by atomic mass is 35.5. The first-order valence-corrected chi connectivity index (χ1v) is 5.41. The molecule has 0 saturated heterocycles. The first-order valence-electron chi connectivity index (χ1n) is 4.97. The predicted octanol–water partition coefficient (Wildman–Crippen LogP) is 2.62. The minimum atomic E-state index is -0.208. The number of hydrogen-bond donors (Lipinski definition) is 1. The maximum absolute atomic E-state index is 5.64. The molecule has 1 aliphatic heterocycles. The van der Waals surface area contributed by atoms with Gasteiger partial charge in [0.1, 0.15) is 0 Å². The predicted molar refractivity (Wildman–Crippen MR) is 70.6 cm³/mol. The second kappa shape index (κ2) is 6.18. The van der Waals surface area contributed by atoms with E-state index in [-0.39, 0.29) is 5.62 Å². The average Bonchev–Trinajstić information content (AvgIpc) is 2.28. The Morgan fingerprint density at radius 2 is 1.94 bits per heavy atom. The minimum absolute atomic E-state index is 0.208. The highest BCUT2D eigenvalue weighted by Crippen LogP contribution is 2.05. The summed E-state index contributed by atoms with van der Waals surface area (Å²) in [5.41, 5.74) is 7.30. The Kier molecular flexibility index (Phi) is 4.86. The molecule has 0 radical (unpaired) electrons. The van der Waals surface area contributed by atoms with Crippen molar-refractivity contribution >= 4 is 23.5 Å². The van der Waals surface area contributed by atoms with Crippen molar-refractivity contribution in [3.63, 3.8) is 0 Å². The Labute approximate surface area is 101 Å². The van der Waals surface area contributed by atoms with Gasteiger partial charge in [-0.15, -0.1) is 0 Å². The highest BCUT2D eigenvalue weighted by molar-refractivity contribution is 6.20. The van der Waals surface area contributed by atoms with Crippen LogP contribution in [0, 0.1) is 6.92 Å². The molecule has 1 heterocycles. The van der Waals surface area contributed by atoms with E-state index >= 15 is 0 Å². The Morgan fingerprint density at radius 3 is 2.31 bits per heavy atom.